The van der Waals surface area contributed by atoms with E-state index in [1.807, 2.05) is 0 Å². The van der Waals surface area contributed by atoms with Gasteiger partial charge in [-0.05, 0) is 63.8 Å². The summed E-state index contributed by atoms with van der Waals surface area (Å²) >= 11 is 0. The number of carbonyl (C=O) groups excluding carboxylic acids is 1. The first-order chi connectivity index (χ1) is 15.7. The number of allylic oxidation sites excluding steroid dienone is 1. The van der Waals surface area contributed by atoms with Crippen molar-refractivity contribution in [3.8, 4) is 11.5 Å². The number of carbonyl (C=O) groups is 1. The van der Waals surface area contributed by atoms with Gasteiger partial charge in [-0.3, -0.25) is 0 Å². The van der Waals surface area contributed by atoms with Crippen LogP contribution in [0.2, 0.25) is 0 Å². The molecule has 0 amide bonds. The van der Waals surface area contributed by atoms with Gasteiger partial charge in [0.1, 0.15) is 23.4 Å². The smallest absolute Gasteiger partial charge is 0.331 e. The van der Waals surface area contributed by atoms with Crippen molar-refractivity contribution in [2.45, 2.75) is 69.5 Å². The highest BCUT2D eigenvalue weighted by molar-refractivity contribution is 5.87. The summed E-state index contributed by atoms with van der Waals surface area (Å²) in [5.74, 6) is -0.0789. The third-order valence-corrected chi connectivity index (χ3v) is 7.12. The number of rotatable bonds is 8. The molecule has 33 heavy (non-hydrogen) atoms. The lowest BCUT2D eigenvalue weighted by Crippen LogP contribution is -2.55. The zero-order valence-corrected chi connectivity index (χ0v) is 20.0. The normalized spacial score (nSPS) is 34.8. The SMILES string of the molecule is COc1ccc(/C=C/C(=O)O[C@@H]2CC[C@]3(CO3)[C@@H]([C@@]3(C)O[C@H]3CC=C(C)C)[C@@H]2OC)cc1O. The van der Waals surface area contributed by atoms with Crippen LogP contribution in [0, 0.1) is 5.92 Å². The largest absolute Gasteiger partial charge is 0.504 e. The minimum Gasteiger partial charge on any atom is -0.504 e. The molecule has 1 saturated carbocycles. The summed E-state index contributed by atoms with van der Waals surface area (Å²) < 4.78 is 28.9. The van der Waals surface area contributed by atoms with Gasteiger partial charge >= 0.3 is 5.97 Å². The number of hydrogen-bond acceptors (Lipinski definition) is 7. The number of phenols is 1. The summed E-state index contributed by atoms with van der Waals surface area (Å²) in [6.45, 7) is 6.98. The maximum absolute atomic E-state index is 12.6. The lowest BCUT2D eigenvalue weighted by molar-refractivity contribution is -0.166. The van der Waals surface area contributed by atoms with Crippen molar-refractivity contribution in [3.63, 3.8) is 0 Å². The third-order valence-electron chi connectivity index (χ3n) is 7.12. The molecule has 2 aliphatic heterocycles. The minimum absolute atomic E-state index is 0.0117. The van der Waals surface area contributed by atoms with E-state index < -0.39 is 5.97 Å². The number of esters is 1. The average Bonchev–Trinajstić information content (AvgIpc) is 3.69. The molecule has 3 fully saturated rings. The van der Waals surface area contributed by atoms with Crippen LogP contribution in [0.3, 0.4) is 0 Å². The lowest BCUT2D eigenvalue weighted by atomic mass is 9.68. The molecule has 6 atom stereocenters. The molecule has 3 aliphatic rings. The monoisotopic (exact) mass is 458 g/mol. The fraction of sp³-hybridized carbons (Fsp3) is 0.577. The van der Waals surface area contributed by atoms with E-state index in [4.69, 9.17) is 23.7 Å². The highest BCUT2D eigenvalue weighted by Crippen LogP contribution is 2.59. The van der Waals surface area contributed by atoms with E-state index in [0.717, 1.165) is 12.8 Å². The summed E-state index contributed by atoms with van der Waals surface area (Å²) in [4.78, 5) is 12.6. The van der Waals surface area contributed by atoms with Gasteiger partial charge < -0.3 is 28.8 Å². The summed E-state index contributed by atoms with van der Waals surface area (Å²) in [5.41, 5.74) is 1.31. The van der Waals surface area contributed by atoms with Gasteiger partial charge in [0.2, 0.25) is 0 Å². The van der Waals surface area contributed by atoms with Gasteiger partial charge in [0.25, 0.3) is 0 Å². The van der Waals surface area contributed by atoms with Crippen molar-refractivity contribution >= 4 is 12.0 Å². The Bertz CT molecular complexity index is 944. The molecule has 0 aromatic heterocycles. The lowest BCUT2D eigenvalue weighted by Gasteiger charge is -2.42. The van der Waals surface area contributed by atoms with Crippen LogP contribution >= 0.6 is 0 Å². The summed E-state index contributed by atoms with van der Waals surface area (Å²) in [7, 11) is 3.14. The standard InChI is InChI=1S/C26H34O7/c1-16(2)6-10-21-25(3,33-21)24-23(30-5)20(12-13-26(24)15-31-26)32-22(28)11-8-17-7-9-19(29-4)18(27)14-17/h6-9,11,14,20-21,23-24,27H,10,12-13,15H2,1-5H3/b11-8+/t20-,21+,23-,24-,25+,26+/m1/s1. The Labute approximate surface area is 195 Å². The Kier molecular flexibility index (Phi) is 6.58. The zero-order valence-electron chi connectivity index (χ0n) is 20.0. The maximum Gasteiger partial charge on any atom is 0.331 e. The second kappa shape index (κ2) is 9.12. The molecule has 1 spiro atoms. The number of benzene rings is 1. The predicted molar refractivity (Wildman–Crippen MR) is 123 cm³/mol. The van der Waals surface area contributed by atoms with E-state index in [1.54, 1.807) is 25.3 Å². The van der Waals surface area contributed by atoms with E-state index in [0.29, 0.717) is 24.3 Å². The molecule has 1 aromatic rings. The van der Waals surface area contributed by atoms with Crippen LogP contribution < -0.4 is 4.74 Å². The number of ether oxygens (including phenoxy) is 5. The molecule has 0 radical (unpaired) electrons. The van der Waals surface area contributed by atoms with Crippen molar-refractivity contribution < 1.29 is 33.6 Å². The van der Waals surface area contributed by atoms with Crippen molar-refractivity contribution in [2.75, 3.05) is 20.8 Å². The Morgan fingerprint density at radius 2 is 2.06 bits per heavy atom. The predicted octanol–water partition coefficient (Wildman–Crippen LogP) is 4.03. The molecule has 180 valence electrons. The maximum atomic E-state index is 12.6. The van der Waals surface area contributed by atoms with Crippen molar-refractivity contribution in [2.24, 2.45) is 5.92 Å². The Balaban J connectivity index is 1.44. The molecule has 7 nitrogen and oxygen atoms in total. The van der Waals surface area contributed by atoms with Gasteiger partial charge in [-0.15, -0.1) is 0 Å². The highest BCUT2D eigenvalue weighted by Gasteiger charge is 2.72. The van der Waals surface area contributed by atoms with E-state index in [2.05, 4.69) is 26.8 Å². The van der Waals surface area contributed by atoms with Crippen molar-refractivity contribution in [1.29, 1.82) is 0 Å². The van der Waals surface area contributed by atoms with Gasteiger partial charge in [-0.25, -0.2) is 4.79 Å². The van der Waals surface area contributed by atoms with Gasteiger partial charge in [0.15, 0.2) is 11.5 Å². The van der Waals surface area contributed by atoms with E-state index in [1.165, 1.54) is 24.8 Å². The Morgan fingerprint density at radius 1 is 1.30 bits per heavy atom. The van der Waals surface area contributed by atoms with Crippen LogP contribution in [0.1, 0.15) is 45.6 Å². The van der Waals surface area contributed by atoms with E-state index in [-0.39, 0.29) is 41.2 Å². The van der Waals surface area contributed by atoms with Gasteiger partial charge in [0, 0.05) is 13.2 Å². The summed E-state index contributed by atoms with van der Waals surface area (Å²) in [6.07, 6.45) is 6.90. The molecular formula is C26H34O7. The summed E-state index contributed by atoms with van der Waals surface area (Å²) in [5, 5.41) is 9.92. The fourth-order valence-electron chi connectivity index (χ4n) is 5.23. The number of hydrogen-bond donors (Lipinski definition) is 1. The molecule has 4 rings (SSSR count). The first-order valence-electron chi connectivity index (χ1n) is 11.5. The molecule has 1 aromatic carbocycles. The highest BCUT2D eigenvalue weighted by atomic mass is 16.6. The van der Waals surface area contributed by atoms with Crippen LogP contribution in [-0.4, -0.2) is 61.4 Å². The van der Waals surface area contributed by atoms with Gasteiger partial charge in [-0.2, -0.15) is 0 Å². The number of epoxide rings is 2. The van der Waals surface area contributed by atoms with Crippen molar-refractivity contribution in [3.05, 3.63) is 41.5 Å². The second-order valence-corrected chi connectivity index (χ2v) is 9.62. The van der Waals surface area contributed by atoms with Crippen LogP contribution in [0.5, 0.6) is 11.5 Å². The Hall–Kier alpha value is -2.35. The van der Waals surface area contributed by atoms with Gasteiger partial charge in [0.05, 0.1) is 25.7 Å². The molecule has 2 saturated heterocycles. The first-order valence-corrected chi connectivity index (χ1v) is 11.5. The van der Waals surface area contributed by atoms with Crippen LogP contribution in [-0.2, 0) is 23.7 Å². The average molecular weight is 459 g/mol. The third kappa shape index (κ3) is 4.81. The van der Waals surface area contributed by atoms with E-state index in [9.17, 15) is 9.90 Å². The minimum atomic E-state index is -0.452. The molecular weight excluding hydrogens is 424 g/mol. The van der Waals surface area contributed by atoms with Crippen LogP contribution in [0.15, 0.2) is 35.9 Å². The Morgan fingerprint density at radius 3 is 2.67 bits per heavy atom. The number of phenolic OH excluding ortho intramolecular Hbond substituents is 1. The molecule has 1 aliphatic carbocycles. The fourth-order valence-corrected chi connectivity index (χ4v) is 5.23. The second-order valence-electron chi connectivity index (χ2n) is 9.62. The van der Waals surface area contributed by atoms with Crippen LogP contribution in [0.4, 0.5) is 0 Å². The molecule has 1 N–H and O–H groups in total. The van der Waals surface area contributed by atoms with Gasteiger partial charge in [-0.1, -0.05) is 17.7 Å². The van der Waals surface area contributed by atoms with Crippen LogP contribution in [0.25, 0.3) is 6.08 Å². The molecule has 7 heteroatoms. The zero-order chi connectivity index (χ0) is 23.8. The topological polar surface area (TPSA) is 90.1 Å². The number of methoxy groups -OCH3 is 2. The molecule has 0 bridgehead atoms. The van der Waals surface area contributed by atoms with E-state index >= 15 is 0 Å². The number of aromatic hydroxyl groups is 1. The quantitative estimate of drug-likeness (QED) is 0.272. The first kappa shape index (κ1) is 23.8. The molecule has 0 unspecified atom stereocenters. The summed E-state index contributed by atoms with van der Waals surface area (Å²) in [6, 6.07) is 4.93. The molecule has 2 heterocycles. The van der Waals surface area contributed by atoms with Crippen molar-refractivity contribution in [1.82, 2.24) is 0 Å².